The predicted octanol–water partition coefficient (Wildman–Crippen LogP) is 3.45. The highest BCUT2D eigenvalue weighted by molar-refractivity contribution is 5.69. The summed E-state index contributed by atoms with van der Waals surface area (Å²) < 4.78 is 11.1. The van der Waals surface area contributed by atoms with Crippen molar-refractivity contribution in [3.8, 4) is 0 Å². The Hall–Kier alpha value is -1.59. The standard InChI is InChI=1S/C17H25N3O3/c1-17(2,3)22-16(21)20-9-10-4-7-13(20)12(8-10)15-18-14(19-23-15)11-5-6-11/h10-13H,4-9H2,1-3H3. The number of rotatable bonds is 2. The minimum absolute atomic E-state index is 0.127. The van der Waals surface area contributed by atoms with E-state index in [1.165, 1.54) is 19.3 Å². The predicted molar refractivity (Wildman–Crippen MR) is 83.1 cm³/mol. The van der Waals surface area contributed by atoms with Crippen LogP contribution in [0.25, 0.3) is 0 Å². The van der Waals surface area contributed by atoms with Gasteiger partial charge in [0.2, 0.25) is 5.89 Å². The van der Waals surface area contributed by atoms with Gasteiger partial charge < -0.3 is 14.2 Å². The number of carbonyl (C=O) groups is 1. The monoisotopic (exact) mass is 319 g/mol. The van der Waals surface area contributed by atoms with Gasteiger partial charge in [-0.25, -0.2) is 4.79 Å². The van der Waals surface area contributed by atoms with E-state index >= 15 is 0 Å². The normalized spacial score (nSPS) is 30.6. The van der Waals surface area contributed by atoms with Crippen molar-refractivity contribution in [2.75, 3.05) is 6.54 Å². The van der Waals surface area contributed by atoms with Crippen LogP contribution in [0.2, 0.25) is 0 Å². The molecule has 0 aromatic carbocycles. The third-order valence-corrected chi connectivity index (χ3v) is 5.12. The molecule has 2 saturated carbocycles. The molecule has 1 amide bonds. The van der Waals surface area contributed by atoms with Crippen LogP contribution in [-0.4, -0.2) is 39.3 Å². The fourth-order valence-corrected chi connectivity index (χ4v) is 3.90. The third-order valence-electron chi connectivity index (χ3n) is 5.12. The maximum atomic E-state index is 12.5. The maximum absolute atomic E-state index is 12.5. The van der Waals surface area contributed by atoms with Crippen molar-refractivity contribution in [2.24, 2.45) is 5.92 Å². The molecule has 0 spiro atoms. The Morgan fingerprint density at radius 2 is 2.04 bits per heavy atom. The van der Waals surface area contributed by atoms with Crippen molar-refractivity contribution in [1.82, 2.24) is 15.0 Å². The molecule has 4 aliphatic rings. The van der Waals surface area contributed by atoms with E-state index in [4.69, 9.17) is 9.26 Å². The summed E-state index contributed by atoms with van der Waals surface area (Å²) >= 11 is 0. The van der Waals surface area contributed by atoms with E-state index in [-0.39, 0.29) is 18.1 Å². The van der Waals surface area contributed by atoms with Gasteiger partial charge in [0.15, 0.2) is 5.82 Å². The van der Waals surface area contributed by atoms with Gasteiger partial charge in [-0.05, 0) is 58.8 Å². The molecule has 0 N–H and O–H groups in total. The zero-order valence-electron chi connectivity index (χ0n) is 14.1. The average Bonchev–Trinajstić information content (AvgIpc) is 3.23. The lowest BCUT2D eigenvalue weighted by atomic mass is 9.73. The smallest absolute Gasteiger partial charge is 0.410 e. The Morgan fingerprint density at radius 3 is 2.70 bits per heavy atom. The number of carbonyl (C=O) groups excluding carboxylic acids is 1. The molecule has 4 fully saturated rings. The van der Waals surface area contributed by atoms with Gasteiger partial charge in [0.25, 0.3) is 0 Å². The number of aromatic nitrogens is 2. The van der Waals surface area contributed by atoms with E-state index in [0.29, 0.717) is 11.8 Å². The molecule has 1 aromatic heterocycles. The Morgan fingerprint density at radius 1 is 1.26 bits per heavy atom. The second kappa shape index (κ2) is 5.21. The van der Waals surface area contributed by atoms with E-state index < -0.39 is 5.60 Å². The first-order valence-electron chi connectivity index (χ1n) is 8.74. The molecule has 5 rings (SSSR count). The highest BCUT2D eigenvalue weighted by atomic mass is 16.6. The van der Waals surface area contributed by atoms with Crippen molar-refractivity contribution in [3.63, 3.8) is 0 Å². The fraction of sp³-hybridized carbons (Fsp3) is 0.824. The van der Waals surface area contributed by atoms with Crippen LogP contribution in [-0.2, 0) is 4.74 Å². The second-order valence-electron chi connectivity index (χ2n) is 8.25. The van der Waals surface area contributed by atoms with E-state index in [9.17, 15) is 4.79 Å². The number of hydrogen-bond donors (Lipinski definition) is 0. The van der Waals surface area contributed by atoms with Gasteiger partial charge in [-0.3, -0.25) is 0 Å². The summed E-state index contributed by atoms with van der Waals surface area (Å²) in [5.74, 6) is 2.74. The van der Waals surface area contributed by atoms with Crippen LogP contribution in [0.4, 0.5) is 4.79 Å². The summed E-state index contributed by atoms with van der Waals surface area (Å²) in [5.41, 5.74) is -0.465. The first-order valence-corrected chi connectivity index (χ1v) is 8.74. The molecule has 2 aliphatic heterocycles. The number of fused-ring (bicyclic) bond motifs is 3. The van der Waals surface area contributed by atoms with Gasteiger partial charge in [0.05, 0.1) is 5.92 Å². The molecule has 6 nitrogen and oxygen atoms in total. The van der Waals surface area contributed by atoms with Crippen molar-refractivity contribution in [1.29, 1.82) is 0 Å². The molecule has 1 aromatic rings. The van der Waals surface area contributed by atoms with E-state index in [1.807, 2.05) is 25.7 Å². The van der Waals surface area contributed by atoms with Crippen molar-refractivity contribution < 1.29 is 14.1 Å². The molecule has 6 heteroatoms. The highest BCUT2D eigenvalue weighted by Crippen LogP contribution is 2.45. The molecule has 2 saturated heterocycles. The fourth-order valence-electron chi connectivity index (χ4n) is 3.90. The summed E-state index contributed by atoms with van der Waals surface area (Å²) in [4.78, 5) is 19.1. The van der Waals surface area contributed by atoms with Crippen LogP contribution in [0, 0.1) is 5.92 Å². The lowest BCUT2D eigenvalue weighted by Crippen LogP contribution is -2.55. The van der Waals surface area contributed by atoms with Crippen LogP contribution in [0.1, 0.15) is 76.4 Å². The van der Waals surface area contributed by atoms with E-state index in [2.05, 4.69) is 10.1 Å². The molecule has 3 unspecified atom stereocenters. The molecule has 23 heavy (non-hydrogen) atoms. The molecular weight excluding hydrogens is 294 g/mol. The molecular formula is C17H25N3O3. The number of nitrogens with zero attached hydrogens (tertiary/aromatic N) is 3. The van der Waals surface area contributed by atoms with E-state index in [1.54, 1.807) is 0 Å². The zero-order valence-corrected chi connectivity index (χ0v) is 14.1. The Kier molecular flexibility index (Phi) is 3.39. The second-order valence-corrected chi connectivity index (χ2v) is 8.25. The summed E-state index contributed by atoms with van der Waals surface area (Å²) in [5, 5.41) is 4.15. The minimum atomic E-state index is -0.465. The topological polar surface area (TPSA) is 68.5 Å². The van der Waals surface area contributed by atoms with Crippen LogP contribution in [0.3, 0.4) is 0 Å². The molecule has 2 aliphatic carbocycles. The van der Waals surface area contributed by atoms with Crippen LogP contribution in [0.5, 0.6) is 0 Å². The van der Waals surface area contributed by atoms with Gasteiger partial charge in [-0.2, -0.15) is 4.98 Å². The SMILES string of the molecule is CC(C)(C)OC(=O)N1CC2CCC1C(c1nc(C3CC3)no1)C2. The first-order chi connectivity index (χ1) is 10.9. The van der Waals surface area contributed by atoms with Gasteiger partial charge >= 0.3 is 6.09 Å². The highest BCUT2D eigenvalue weighted by Gasteiger charge is 2.47. The Bertz CT molecular complexity index is 602. The minimum Gasteiger partial charge on any atom is -0.444 e. The lowest BCUT2D eigenvalue weighted by Gasteiger charge is -2.48. The Balaban J connectivity index is 1.53. The van der Waals surface area contributed by atoms with Gasteiger partial charge in [-0.15, -0.1) is 0 Å². The number of piperidine rings is 2. The molecule has 3 heterocycles. The first kappa shape index (κ1) is 15.0. The Labute approximate surface area is 136 Å². The zero-order chi connectivity index (χ0) is 16.2. The van der Waals surface area contributed by atoms with E-state index in [0.717, 1.165) is 31.1 Å². The number of amides is 1. The summed E-state index contributed by atoms with van der Waals surface area (Å²) in [6, 6.07) is 0.127. The molecule has 126 valence electrons. The van der Waals surface area contributed by atoms with Crippen LogP contribution < -0.4 is 0 Å². The molecule has 2 bridgehead atoms. The average molecular weight is 319 g/mol. The van der Waals surface area contributed by atoms with Gasteiger partial charge in [0, 0.05) is 18.5 Å². The summed E-state index contributed by atoms with van der Waals surface area (Å²) in [6.45, 7) is 6.51. The van der Waals surface area contributed by atoms with Crippen LogP contribution >= 0.6 is 0 Å². The maximum Gasteiger partial charge on any atom is 0.410 e. The third kappa shape index (κ3) is 2.95. The van der Waals surface area contributed by atoms with Crippen molar-refractivity contribution in [2.45, 2.75) is 76.4 Å². The van der Waals surface area contributed by atoms with Crippen molar-refractivity contribution >= 4 is 6.09 Å². The number of hydrogen-bond acceptors (Lipinski definition) is 5. The van der Waals surface area contributed by atoms with Gasteiger partial charge in [0.1, 0.15) is 5.60 Å². The van der Waals surface area contributed by atoms with Crippen molar-refractivity contribution in [3.05, 3.63) is 11.7 Å². The van der Waals surface area contributed by atoms with Crippen LogP contribution in [0.15, 0.2) is 4.52 Å². The van der Waals surface area contributed by atoms with Gasteiger partial charge in [-0.1, -0.05) is 5.16 Å². The number of ether oxygens (including phenoxy) is 1. The molecule has 0 radical (unpaired) electrons. The summed E-state index contributed by atoms with van der Waals surface area (Å²) in [6.07, 6.45) is 5.33. The lowest BCUT2D eigenvalue weighted by molar-refractivity contribution is -0.0226. The summed E-state index contributed by atoms with van der Waals surface area (Å²) in [7, 11) is 0. The quantitative estimate of drug-likeness (QED) is 0.835. The largest absolute Gasteiger partial charge is 0.444 e. The molecule has 3 atom stereocenters.